The summed E-state index contributed by atoms with van der Waals surface area (Å²) in [4.78, 5) is 23.1. The number of ether oxygens (including phenoxy) is 2. The Balaban J connectivity index is 2.49. The van der Waals surface area contributed by atoms with Crippen molar-refractivity contribution in [3.63, 3.8) is 0 Å². The fourth-order valence-corrected chi connectivity index (χ4v) is 6.77. The lowest BCUT2D eigenvalue weighted by Gasteiger charge is -2.41. The van der Waals surface area contributed by atoms with Crippen molar-refractivity contribution in [3.05, 3.63) is 60.8 Å². The topological polar surface area (TPSA) is 192 Å². The van der Waals surface area contributed by atoms with E-state index in [2.05, 4.69) is 74.6 Å². The van der Waals surface area contributed by atoms with Gasteiger partial charge in [-0.3, -0.25) is 13.8 Å². The van der Waals surface area contributed by atoms with E-state index < -0.39 is 63.1 Å². The summed E-state index contributed by atoms with van der Waals surface area (Å²) < 4.78 is 34.0. The summed E-state index contributed by atoms with van der Waals surface area (Å²) >= 11 is 0. The molecular weight excluding hydrogens is 727 g/mol. The van der Waals surface area contributed by atoms with Gasteiger partial charge < -0.3 is 39.9 Å². The lowest BCUT2D eigenvalue weighted by atomic mass is 9.85. The zero-order valence-electron chi connectivity index (χ0n) is 33.5. The van der Waals surface area contributed by atoms with Crippen molar-refractivity contribution in [2.75, 3.05) is 19.8 Å². The van der Waals surface area contributed by atoms with Crippen molar-refractivity contribution in [1.29, 1.82) is 0 Å². The first-order valence-electron chi connectivity index (χ1n) is 20.6. The first-order valence-corrected chi connectivity index (χ1v) is 22.1. The molecule has 0 aromatic heterocycles. The molecule has 6 unspecified atom stereocenters. The summed E-state index contributed by atoms with van der Waals surface area (Å²) in [6.45, 7) is 4.01. The van der Waals surface area contributed by atoms with Crippen LogP contribution in [0.25, 0.3) is 0 Å². The molecule has 0 radical (unpaired) electrons. The molecule has 318 valence electrons. The molecular formula is C42H73O12P. The highest BCUT2D eigenvalue weighted by Crippen LogP contribution is 2.47. The van der Waals surface area contributed by atoms with Crippen LogP contribution in [-0.4, -0.2) is 98.9 Å². The van der Waals surface area contributed by atoms with Crippen molar-refractivity contribution in [2.24, 2.45) is 0 Å². The van der Waals surface area contributed by atoms with Crippen LogP contribution >= 0.6 is 7.82 Å². The Kier molecular flexibility index (Phi) is 30.7. The van der Waals surface area contributed by atoms with Crippen molar-refractivity contribution in [2.45, 2.75) is 179 Å². The van der Waals surface area contributed by atoms with E-state index in [9.17, 15) is 39.8 Å². The van der Waals surface area contributed by atoms with Crippen LogP contribution in [0.1, 0.15) is 136 Å². The number of hydrogen-bond acceptors (Lipinski definition) is 11. The number of phosphoric acid groups is 1. The van der Waals surface area contributed by atoms with Crippen molar-refractivity contribution < 1.29 is 58.3 Å². The zero-order valence-corrected chi connectivity index (χ0v) is 34.3. The van der Waals surface area contributed by atoms with Crippen LogP contribution in [0, 0.1) is 0 Å². The van der Waals surface area contributed by atoms with Gasteiger partial charge in [0.05, 0.1) is 13.2 Å². The molecule has 0 amide bonds. The van der Waals surface area contributed by atoms with Crippen LogP contribution in [0.15, 0.2) is 60.8 Å². The van der Waals surface area contributed by atoms with E-state index in [0.29, 0.717) is 13.0 Å². The molecule has 6 atom stereocenters. The number of hydrogen-bond donors (Lipinski definition) is 6. The van der Waals surface area contributed by atoms with Gasteiger partial charge in [0, 0.05) is 13.0 Å². The summed E-state index contributed by atoms with van der Waals surface area (Å²) in [5.74, 6) is -0.504. The summed E-state index contributed by atoms with van der Waals surface area (Å²) in [5, 5.41) is 50.0. The Bertz CT molecular complexity index is 1140. The number of allylic oxidation sites excluding steroid dienone is 10. The highest BCUT2D eigenvalue weighted by Gasteiger charge is 2.51. The number of rotatable bonds is 33. The lowest BCUT2D eigenvalue weighted by Crippen LogP contribution is -2.64. The molecule has 1 saturated carbocycles. The van der Waals surface area contributed by atoms with E-state index in [1.165, 1.54) is 12.8 Å². The van der Waals surface area contributed by atoms with Gasteiger partial charge in [0.15, 0.2) is 0 Å². The van der Waals surface area contributed by atoms with Gasteiger partial charge in [-0.05, 0) is 70.6 Å². The van der Waals surface area contributed by atoms with Crippen LogP contribution in [-0.2, 0) is 27.9 Å². The number of aliphatic hydroxyl groups excluding tert-OH is 5. The van der Waals surface area contributed by atoms with Gasteiger partial charge >= 0.3 is 13.8 Å². The first kappa shape index (κ1) is 51.1. The van der Waals surface area contributed by atoms with E-state index in [4.69, 9.17) is 18.5 Å². The summed E-state index contributed by atoms with van der Waals surface area (Å²) in [6, 6.07) is 0. The van der Waals surface area contributed by atoms with Gasteiger partial charge in [0.25, 0.3) is 0 Å². The van der Waals surface area contributed by atoms with Crippen molar-refractivity contribution in [1.82, 2.24) is 0 Å². The third-order valence-electron chi connectivity index (χ3n) is 9.12. The van der Waals surface area contributed by atoms with Crippen LogP contribution in [0.3, 0.4) is 0 Å². The van der Waals surface area contributed by atoms with Gasteiger partial charge in [-0.15, -0.1) is 0 Å². The molecule has 55 heavy (non-hydrogen) atoms. The summed E-state index contributed by atoms with van der Waals surface area (Å²) in [6.07, 6.45) is 27.2. The molecule has 12 nitrogen and oxygen atoms in total. The third kappa shape index (κ3) is 25.8. The van der Waals surface area contributed by atoms with Gasteiger partial charge in [-0.25, -0.2) is 4.57 Å². The molecule has 6 N–H and O–H groups in total. The number of carbonyl (C=O) groups is 1. The largest absolute Gasteiger partial charge is 0.472 e. The predicted molar refractivity (Wildman–Crippen MR) is 216 cm³/mol. The second kappa shape index (κ2) is 33.1. The van der Waals surface area contributed by atoms with E-state index >= 15 is 0 Å². The standard InChI is InChI=1S/C42H73O12P/c1-3-5-7-9-11-13-15-17-19-21-23-25-27-29-31-36(43)53-35(33-51-32-30-28-26-24-22-20-18-16-14-12-10-8-6-4-2)34-52-55(49,50)54-42-40(47)38(45)37(44)39(46)41(42)48/h6,8-9,11-12,14-15,17-18,20,35,37-42,44-48H,3-5,7,10,13,16,19,21-34H2,1-2H3,(H,49,50)/b8-6-,11-9-,14-12-,17-15-,20-18-. The number of esters is 1. The number of phosphoric ester groups is 1. The Hall–Kier alpha value is -1.96. The minimum Gasteiger partial charge on any atom is -0.457 e. The molecule has 0 spiro atoms. The quantitative estimate of drug-likeness (QED) is 0.0166. The van der Waals surface area contributed by atoms with Crippen LogP contribution in [0.2, 0.25) is 0 Å². The molecule has 0 bridgehead atoms. The Labute approximate surface area is 330 Å². The van der Waals surface area contributed by atoms with Gasteiger partial charge in [-0.1, -0.05) is 120 Å². The Morgan fingerprint density at radius 3 is 1.64 bits per heavy atom. The van der Waals surface area contributed by atoms with Crippen LogP contribution < -0.4 is 0 Å². The maximum atomic E-state index is 12.8. The summed E-state index contributed by atoms with van der Waals surface area (Å²) in [5.41, 5.74) is 0. The van der Waals surface area contributed by atoms with Gasteiger partial charge in [0.2, 0.25) is 0 Å². The summed E-state index contributed by atoms with van der Waals surface area (Å²) in [7, 11) is -5.02. The maximum absolute atomic E-state index is 12.8. The van der Waals surface area contributed by atoms with E-state index in [0.717, 1.165) is 96.3 Å². The second-order valence-corrected chi connectivity index (χ2v) is 15.5. The third-order valence-corrected chi connectivity index (χ3v) is 10.1. The number of aliphatic hydroxyl groups is 5. The molecule has 1 aliphatic rings. The molecule has 1 fully saturated rings. The van der Waals surface area contributed by atoms with E-state index in [1.54, 1.807) is 0 Å². The van der Waals surface area contributed by atoms with Crippen molar-refractivity contribution in [3.8, 4) is 0 Å². The smallest absolute Gasteiger partial charge is 0.457 e. The second-order valence-electron chi connectivity index (χ2n) is 14.1. The normalized spacial score (nSPS) is 23.9. The Morgan fingerprint density at radius 2 is 1.07 bits per heavy atom. The molecule has 0 aromatic rings. The fraction of sp³-hybridized carbons (Fsp3) is 0.738. The average molecular weight is 801 g/mol. The highest BCUT2D eigenvalue weighted by atomic mass is 31.2. The lowest BCUT2D eigenvalue weighted by molar-refractivity contribution is -0.220. The SMILES string of the molecule is CC/C=C\C/C=C\C/C=C\CCCCCCOCC(COP(=O)(O)OC1C(O)C(O)C(O)C(O)C1O)OC(=O)CCCCCCC/C=C\C/C=C\CCCC. The zero-order chi connectivity index (χ0) is 40.6. The average Bonchev–Trinajstić information content (AvgIpc) is 3.17. The first-order chi connectivity index (χ1) is 26.5. The van der Waals surface area contributed by atoms with Crippen LogP contribution in [0.4, 0.5) is 0 Å². The predicted octanol–water partition coefficient (Wildman–Crippen LogP) is 7.47. The fourth-order valence-electron chi connectivity index (χ4n) is 5.80. The molecule has 1 rings (SSSR count). The number of unbranched alkanes of at least 4 members (excludes halogenated alkanes) is 11. The minimum absolute atomic E-state index is 0.101. The van der Waals surface area contributed by atoms with Gasteiger partial charge in [0.1, 0.15) is 42.7 Å². The molecule has 13 heteroatoms. The minimum atomic E-state index is -5.02. The van der Waals surface area contributed by atoms with E-state index in [1.807, 2.05) is 0 Å². The number of carbonyl (C=O) groups excluding carboxylic acids is 1. The molecule has 0 aliphatic heterocycles. The van der Waals surface area contributed by atoms with Crippen LogP contribution in [0.5, 0.6) is 0 Å². The Morgan fingerprint density at radius 1 is 0.600 bits per heavy atom. The monoisotopic (exact) mass is 800 g/mol. The highest BCUT2D eigenvalue weighted by molar-refractivity contribution is 7.47. The molecule has 1 aliphatic carbocycles. The molecule has 0 aromatic carbocycles. The van der Waals surface area contributed by atoms with Gasteiger partial charge in [-0.2, -0.15) is 0 Å². The molecule has 0 heterocycles. The van der Waals surface area contributed by atoms with Crippen molar-refractivity contribution >= 4 is 13.8 Å². The molecule has 0 saturated heterocycles. The maximum Gasteiger partial charge on any atom is 0.472 e. The van der Waals surface area contributed by atoms with E-state index in [-0.39, 0.29) is 13.0 Å².